The zero-order chi connectivity index (χ0) is 20.1. The normalized spacial score (nSPS) is 14.7. The highest BCUT2D eigenvalue weighted by Crippen LogP contribution is 2.41. The molecule has 27 heavy (non-hydrogen) atoms. The summed E-state index contributed by atoms with van der Waals surface area (Å²) in [5, 5.41) is 0. The van der Waals surface area contributed by atoms with E-state index >= 15 is 0 Å². The van der Waals surface area contributed by atoms with Gasteiger partial charge in [-0.1, -0.05) is 57.2 Å². The van der Waals surface area contributed by atoms with Crippen LogP contribution in [0.25, 0.3) is 0 Å². The minimum Gasteiger partial charge on any atom is -0.455 e. The molecule has 4 nitrogen and oxygen atoms in total. The number of hydrogen-bond donors (Lipinski definition) is 0. The molecular formula is C23H28O4. The first-order valence-electron chi connectivity index (χ1n) is 9.25. The fourth-order valence-corrected chi connectivity index (χ4v) is 2.86. The van der Waals surface area contributed by atoms with Gasteiger partial charge in [0.25, 0.3) is 0 Å². The van der Waals surface area contributed by atoms with Crippen LogP contribution in [0.15, 0.2) is 60.7 Å². The number of carbonyl (C=O) groups is 2. The van der Waals surface area contributed by atoms with Crippen LogP contribution < -0.4 is 0 Å². The molecule has 2 unspecified atom stereocenters. The smallest absolute Gasteiger partial charge is 0.338 e. The van der Waals surface area contributed by atoms with Crippen molar-refractivity contribution in [1.29, 1.82) is 0 Å². The molecule has 0 aliphatic carbocycles. The van der Waals surface area contributed by atoms with Gasteiger partial charge in [-0.15, -0.1) is 0 Å². The number of benzene rings is 2. The van der Waals surface area contributed by atoms with Gasteiger partial charge in [0.15, 0.2) is 5.60 Å². The van der Waals surface area contributed by atoms with Crippen LogP contribution in [-0.4, -0.2) is 23.6 Å². The largest absolute Gasteiger partial charge is 0.455 e. The van der Waals surface area contributed by atoms with Crippen molar-refractivity contribution in [3.05, 3.63) is 71.8 Å². The average molecular weight is 368 g/mol. The van der Waals surface area contributed by atoms with E-state index < -0.39 is 29.1 Å². The molecule has 2 atom stereocenters. The molecule has 0 heterocycles. The molecule has 2 rings (SSSR count). The van der Waals surface area contributed by atoms with Crippen molar-refractivity contribution in [3.8, 4) is 0 Å². The van der Waals surface area contributed by atoms with Crippen molar-refractivity contribution in [2.45, 2.75) is 52.7 Å². The molecule has 2 aromatic rings. The highest BCUT2D eigenvalue weighted by atomic mass is 16.6. The molecule has 0 amide bonds. The summed E-state index contributed by atoms with van der Waals surface area (Å²) in [5.74, 6) is -0.862. The summed E-state index contributed by atoms with van der Waals surface area (Å²) in [6.07, 6.45) is 0.117. The molecule has 0 radical (unpaired) electrons. The van der Waals surface area contributed by atoms with Crippen molar-refractivity contribution in [2.75, 3.05) is 0 Å². The molecular weight excluding hydrogens is 340 g/mol. The van der Waals surface area contributed by atoms with Crippen molar-refractivity contribution in [1.82, 2.24) is 0 Å². The molecule has 4 heteroatoms. The fraction of sp³-hybridized carbons (Fsp3) is 0.391. The topological polar surface area (TPSA) is 52.6 Å². The van der Waals surface area contributed by atoms with E-state index in [1.54, 1.807) is 55.5 Å². The molecule has 0 spiro atoms. The third kappa shape index (κ3) is 4.57. The second kappa shape index (κ2) is 8.38. The Labute approximate surface area is 161 Å². The maximum atomic E-state index is 12.7. The highest BCUT2D eigenvalue weighted by Gasteiger charge is 2.49. The Morgan fingerprint density at radius 2 is 1.30 bits per heavy atom. The molecule has 2 aromatic carbocycles. The van der Waals surface area contributed by atoms with Gasteiger partial charge in [-0.3, -0.25) is 0 Å². The first-order valence-corrected chi connectivity index (χ1v) is 9.25. The molecule has 0 saturated heterocycles. The van der Waals surface area contributed by atoms with E-state index in [2.05, 4.69) is 0 Å². The average Bonchev–Trinajstić information content (AvgIpc) is 2.68. The minimum absolute atomic E-state index is 0.409. The Hall–Kier alpha value is -2.62. The number of carbonyl (C=O) groups excluding carboxylic acids is 2. The van der Waals surface area contributed by atoms with E-state index in [1.165, 1.54) is 0 Å². The first kappa shape index (κ1) is 20.7. The van der Waals surface area contributed by atoms with Crippen LogP contribution in [0.3, 0.4) is 0 Å². The lowest BCUT2D eigenvalue weighted by Gasteiger charge is -2.46. The lowest BCUT2D eigenvalue weighted by Crippen LogP contribution is -2.54. The predicted octanol–water partition coefficient (Wildman–Crippen LogP) is 5.28. The van der Waals surface area contributed by atoms with Gasteiger partial charge in [0.1, 0.15) is 6.10 Å². The van der Waals surface area contributed by atoms with Gasteiger partial charge in [0.05, 0.1) is 11.1 Å². The Bertz CT molecular complexity index is 767. The van der Waals surface area contributed by atoms with E-state index in [0.29, 0.717) is 11.1 Å². The van der Waals surface area contributed by atoms with Gasteiger partial charge >= 0.3 is 11.9 Å². The molecule has 144 valence electrons. The first-order chi connectivity index (χ1) is 12.7. The summed E-state index contributed by atoms with van der Waals surface area (Å²) in [5.41, 5.74) is -0.472. The standard InChI is InChI=1S/C23H28O4/c1-6-22(3,4)23(5,27-21(25)19-15-11-8-12-16-19)17(2)26-20(24)18-13-9-7-10-14-18/h7-17H,6H2,1-5H3. The monoisotopic (exact) mass is 368 g/mol. The highest BCUT2D eigenvalue weighted by molar-refractivity contribution is 5.90. The van der Waals surface area contributed by atoms with E-state index in [4.69, 9.17) is 9.47 Å². The number of hydrogen-bond acceptors (Lipinski definition) is 4. The second-order valence-electron chi connectivity index (χ2n) is 7.51. The van der Waals surface area contributed by atoms with E-state index in [0.717, 1.165) is 6.42 Å². The molecule has 0 aliphatic heterocycles. The number of rotatable bonds is 7. The van der Waals surface area contributed by atoms with Crippen LogP contribution in [0.1, 0.15) is 61.8 Å². The van der Waals surface area contributed by atoms with Crippen molar-refractivity contribution < 1.29 is 19.1 Å². The van der Waals surface area contributed by atoms with E-state index in [-0.39, 0.29) is 0 Å². The Balaban J connectivity index is 2.27. The van der Waals surface area contributed by atoms with E-state index in [9.17, 15) is 9.59 Å². The number of esters is 2. The maximum absolute atomic E-state index is 12.7. The molecule has 0 aromatic heterocycles. The quantitative estimate of drug-likeness (QED) is 0.624. The molecule has 0 N–H and O–H groups in total. The van der Waals surface area contributed by atoms with Crippen molar-refractivity contribution in [2.24, 2.45) is 5.41 Å². The summed E-state index contributed by atoms with van der Waals surface area (Å²) < 4.78 is 11.7. The predicted molar refractivity (Wildman–Crippen MR) is 106 cm³/mol. The van der Waals surface area contributed by atoms with Crippen LogP contribution >= 0.6 is 0 Å². The van der Waals surface area contributed by atoms with Gasteiger partial charge in [0, 0.05) is 5.41 Å². The van der Waals surface area contributed by atoms with Gasteiger partial charge in [0.2, 0.25) is 0 Å². The summed E-state index contributed by atoms with van der Waals surface area (Å²) in [7, 11) is 0. The third-order valence-corrected chi connectivity index (χ3v) is 5.61. The SMILES string of the molecule is CCC(C)(C)C(C)(OC(=O)c1ccccc1)C(C)OC(=O)c1ccccc1. The summed E-state index contributed by atoms with van der Waals surface area (Å²) in [4.78, 5) is 25.2. The molecule has 0 bridgehead atoms. The van der Waals surface area contributed by atoms with E-state index in [1.807, 2.05) is 39.8 Å². The molecule has 0 fully saturated rings. The molecule has 0 saturated carbocycles. The zero-order valence-electron chi connectivity index (χ0n) is 16.7. The van der Waals surface area contributed by atoms with Crippen LogP contribution in [-0.2, 0) is 9.47 Å². The van der Waals surface area contributed by atoms with Gasteiger partial charge in [-0.05, 0) is 44.5 Å². The van der Waals surface area contributed by atoms with Gasteiger partial charge < -0.3 is 9.47 Å². The number of ether oxygens (including phenoxy) is 2. The van der Waals surface area contributed by atoms with Gasteiger partial charge in [-0.2, -0.15) is 0 Å². The second-order valence-corrected chi connectivity index (χ2v) is 7.51. The van der Waals surface area contributed by atoms with Gasteiger partial charge in [-0.25, -0.2) is 9.59 Å². The lowest BCUT2D eigenvalue weighted by atomic mass is 9.71. The van der Waals surface area contributed by atoms with Crippen LogP contribution in [0.2, 0.25) is 0 Å². The van der Waals surface area contributed by atoms with Crippen LogP contribution in [0, 0.1) is 5.41 Å². The summed E-state index contributed by atoms with van der Waals surface area (Å²) in [6, 6.07) is 17.7. The Morgan fingerprint density at radius 3 is 1.74 bits per heavy atom. The van der Waals surface area contributed by atoms with Crippen molar-refractivity contribution in [3.63, 3.8) is 0 Å². The van der Waals surface area contributed by atoms with Crippen molar-refractivity contribution >= 4 is 11.9 Å². The van der Waals surface area contributed by atoms with Crippen LogP contribution in [0.4, 0.5) is 0 Å². The summed E-state index contributed by atoms with van der Waals surface area (Å²) in [6.45, 7) is 9.66. The van der Waals surface area contributed by atoms with Crippen LogP contribution in [0.5, 0.6) is 0 Å². The lowest BCUT2D eigenvalue weighted by molar-refractivity contribution is -0.140. The molecule has 0 aliphatic rings. The minimum atomic E-state index is -1.00. The summed E-state index contributed by atoms with van der Waals surface area (Å²) >= 11 is 0. The zero-order valence-corrected chi connectivity index (χ0v) is 16.7. The third-order valence-electron chi connectivity index (χ3n) is 5.61. The maximum Gasteiger partial charge on any atom is 0.338 e. The fourth-order valence-electron chi connectivity index (χ4n) is 2.86. The Kier molecular flexibility index (Phi) is 6.42. The Morgan fingerprint density at radius 1 is 0.852 bits per heavy atom.